The molecule has 4 heterocycles. The van der Waals surface area contributed by atoms with E-state index in [1.807, 2.05) is 43.0 Å². The molecule has 290 valence electrons. The lowest BCUT2D eigenvalue weighted by Crippen LogP contribution is -2.27. The molecule has 0 amide bonds. The van der Waals surface area contributed by atoms with Crippen LogP contribution in [0, 0.1) is 24.6 Å². The molecule has 0 spiro atoms. The maximum atomic E-state index is 14.6. The van der Waals surface area contributed by atoms with Gasteiger partial charge in [0.1, 0.15) is 6.73 Å². The standard InChI is InChI=1S/C40H48FN7O4S2Si/c1-27-29-14-11-21-47(37(29)45-44-36(27)43-40-48(26-51-23-24-55(5,6)7)31-15-8-9-16-33(31)53-40)39-42-35(38(49)50-4)34(54-39)17-12-22-52-32-25-28(18-19-30(32)41)13-10-20-46(2)3/h8-9,15-16,18-19,25H,11-12,14,17,20-24,26H2,1-7H3. The van der Waals surface area contributed by atoms with Gasteiger partial charge in [-0.25, -0.2) is 14.2 Å². The summed E-state index contributed by atoms with van der Waals surface area (Å²) in [6, 6.07) is 14.0. The van der Waals surface area contributed by atoms with E-state index in [-0.39, 0.29) is 18.1 Å². The summed E-state index contributed by atoms with van der Waals surface area (Å²) in [5, 5.41) is 9.99. The number of esters is 1. The lowest BCUT2D eigenvalue weighted by atomic mass is 10.0. The summed E-state index contributed by atoms with van der Waals surface area (Å²) in [6.45, 7) is 11.7. The lowest BCUT2D eigenvalue weighted by Gasteiger charge is -2.28. The number of benzene rings is 2. The number of carbonyl (C=O) groups is 1. The molecule has 0 radical (unpaired) electrons. The number of rotatable bonds is 14. The number of fused-ring (bicyclic) bond motifs is 2. The SMILES string of the molecule is COC(=O)c1nc(N2CCCc3c2nnc(N=c2sc4ccccc4n2COCC[Si](C)(C)C)c3C)sc1CCCOc1cc(C#CCN(C)C)ccc1F. The predicted octanol–water partition coefficient (Wildman–Crippen LogP) is 7.74. The second-order valence-corrected chi connectivity index (χ2v) is 22.5. The molecule has 5 aromatic rings. The minimum Gasteiger partial charge on any atom is -0.490 e. The van der Waals surface area contributed by atoms with E-state index in [1.54, 1.807) is 23.5 Å². The first-order valence-electron chi connectivity index (χ1n) is 18.4. The van der Waals surface area contributed by atoms with E-state index in [2.05, 4.69) is 53.3 Å². The van der Waals surface area contributed by atoms with E-state index < -0.39 is 19.9 Å². The number of nitrogens with zero attached hydrogens (tertiary/aromatic N) is 7. The minimum atomic E-state index is -1.22. The molecular weight excluding hydrogens is 754 g/mol. The average molecular weight is 802 g/mol. The quantitative estimate of drug-likeness (QED) is 0.0483. The van der Waals surface area contributed by atoms with Crippen LogP contribution in [0.2, 0.25) is 25.7 Å². The maximum absolute atomic E-state index is 14.6. The van der Waals surface area contributed by atoms with Gasteiger partial charge in [0.25, 0.3) is 0 Å². The van der Waals surface area contributed by atoms with Crippen LogP contribution in [0.5, 0.6) is 5.75 Å². The lowest BCUT2D eigenvalue weighted by molar-refractivity contribution is 0.0593. The highest BCUT2D eigenvalue weighted by Crippen LogP contribution is 2.39. The largest absolute Gasteiger partial charge is 0.490 e. The van der Waals surface area contributed by atoms with Gasteiger partial charge >= 0.3 is 5.97 Å². The number of halogens is 1. The van der Waals surface area contributed by atoms with Crippen LogP contribution in [-0.4, -0.2) is 86.2 Å². The third-order valence-electron chi connectivity index (χ3n) is 9.03. The van der Waals surface area contributed by atoms with Gasteiger partial charge in [-0.3, -0.25) is 9.47 Å². The fourth-order valence-corrected chi connectivity index (χ4v) is 8.90. The van der Waals surface area contributed by atoms with Crippen molar-refractivity contribution in [3.05, 3.63) is 80.3 Å². The fraction of sp³-hybridized carbons (Fsp3) is 0.425. The smallest absolute Gasteiger partial charge is 0.357 e. The summed E-state index contributed by atoms with van der Waals surface area (Å²) in [7, 11) is 4.00. The highest BCUT2D eigenvalue weighted by atomic mass is 32.1. The van der Waals surface area contributed by atoms with Crippen molar-refractivity contribution in [2.24, 2.45) is 4.99 Å². The Bertz CT molecular complexity index is 2290. The summed E-state index contributed by atoms with van der Waals surface area (Å²) >= 11 is 3.03. The number of thiazole rings is 2. The zero-order chi connectivity index (χ0) is 39.1. The van der Waals surface area contributed by atoms with E-state index in [4.69, 9.17) is 29.3 Å². The summed E-state index contributed by atoms with van der Waals surface area (Å²) in [6.07, 6.45) is 2.71. The van der Waals surface area contributed by atoms with Crippen molar-refractivity contribution in [3.8, 4) is 17.6 Å². The molecule has 6 rings (SSSR count). The topological polar surface area (TPSA) is 107 Å². The molecule has 1 aliphatic rings. The highest BCUT2D eigenvalue weighted by molar-refractivity contribution is 7.16. The normalized spacial score (nSPS) is 13.3. The molecule has 0 fully saturated rings. The van der Waals surface area contributed by atoms with Crippen LogP contribution in [-0.2, 0) is 29.0 Å². The number of hydrogen-bond acceptors (Lipinski definition) is 12. The number of para-hydroxylation sites is 1. The Hall–Kier alpha value is -4.46. The van der Waals surface area contributed by atoms with Gasteiger partial charge in [-0.15, -0.1) is 21.5 Å². The fourth-order valence-electron chi connectivity index (χ4n) is 6.00. The van der Waals surface area contributed by atoms with Crippen molar-refractivity contribution in [1.29, 1.82) is 0 Å². The van der Waals surface area contributed by atoms with Crippen LogP contribution in [0.1, 0.15) is 44.9 Å². The van der Waals surface area contributed by atoms with Crippen molar-refractivity contribution in [2.75, 3.05) is 52.4 Å². The molecule has 0 atom stereocenters. The van der Waals surface area contributed by atoms with Gasteiger partial charge in [0.05, 0.1) is 30.5 Å². The summed E-state index contributed by atoms with van der Waals surface area (Å²) in [4.78, 5) is 28.3. The third-order valence-corrected chi connectivity index (χ3v) is 12.9. The molecule has 11 nitrogen and oxygen atoms in total. The molecule has 2 aromatic carbocycles. The molecular formula is C40H48FN7O4S2Si. The van der Waals surface area contributed by atoms with Crippen LogP contribution in [0.25, 0.3) is 10.2 Å². The molecule has 0 saturated heterocycles. The third kappa shape index (κ3) is 10.1. The molecule has 0 saturated carbocycles. The van der Waals surface area contributed by atoms with Gasteiger partial charge in [-0.05, 0) is 83.1 Å². The summed E-state index contributed by atoms with van der Waals surface area (Å²) in [5.41, 5.74) is 4.03. The molecule has 1 aliphatic heterocycles. The monoisotopic (exact) mass is 801 g/mol. The van der Waals surface area contributed by atoms with Gasteiger partial charge in [-0.2, -0.15) is 4.99 Å². The van der Waals surface area contributed by atoms with Crippen LogP contribution in [0.4, 0.5) is 21.2 Å². The highest BCUT2D eigenvalue weighted by Gasteiger charge is 2.29. The molecule has 15 heteroatoms. The number of aryl methyl sites for hydroxylation is 1. The Morgan fingerprint density at radius 1 is 1.11 bits per heavy atom. The zero-order valence-electron chi connectivity index (χ0n) is 32.6. The second-order valence-electron chi connectivity index (χ2n) is 14.8. The molecule has 0 aliphatic carbocycles. The Labute approximate surface area is 330 Å². The van der Waals surface area contributed by atoms with E-state index in [1.165, 1.54) is 24.5 Å². The second kappa shape index (κ2) is 18.0. The van der Waals surface area contributed by atoms with Gasteiger partial charge in [0, 0.05) is 42.8 Å². The summed E-state index contributed by atoms with van der Waals surface area (Å²) in [5.74, 6) is 6.57. The first-order valence-corrected chi connectivity index (χ1v) is 23.7. The molecule has 0 unspecified atom stereocenters. The first-order chi connectivity index (χ1) is 26.4. The van der Waals surface area contributed by atoms with E-state index >= 15 is 0 Å². The number of aromatic nitrogens is 4. The molecule has 0 N–H and O–H groups in total. The Balaban J connectivity index is 1.21. The van der Waals surface area contributed by atoms with Gasteiger partial charge in [-0.1, -0.05) is 55.0 Å². The van der Waals surface area contributed by atoms with Gasteiger partial charge in [0.15, 0.2) is 38.8 Å². The number of hydrogen-bond donors (Lipinski definition) is 0. The van der Waals surface area contributed by atoms with E-state index in [0.29, 0.717) is 61.6 Å². The van der Waals surface area contributed by atoms with Crippen molar-refractivity contribution in [1.82, 2.24) is 24.6 Å². The van der Waals surface area contributed by atoms with E-state index in [9.17, 15) is 9.18 Å². The van der Waals surface area contributed by atoms with Crippen molar-refractivity contribution in [3.63, 3.8) is 0 Å². The number of anilines is 2. The van der Waals surface area contributed by atoms with Crippen molar-refractivity contribution < 1.29 is 23.4 Å². The van der Waals surface area contributed by atoms with Crippen LogP contribution >= 0.6 is 22.7 Å². The first kappa shape index (κ1) is 40.2. The Morgan fingerprint density at radius 2 is 1.93 bits per heavy atom. The van der Waals surface area contributed by atoms with E-state index in [0.717, 1.165) is 49.9 Å². The summed E-state index contributed by atoms with van der Waals surface area (Å²) < 4.78 is 34.9. The maximum Gasteiger partial charge on any atom is 0.357 e. The average Bonchev–Trinajstić information content (AvgIpc) is 3.74. The number of methoxy groups -OCH3 is 1. The van der Waals surface area contributed by atoms with Crippen LogP contribution in [0.3, 0.4) is 0 Å². The molecule has 0 bridgehead atoms. The van der Waals surface area contributed by atoms with Crippen LogP contribution < -0.4 is 14.4 Å². The number of carbonyl (C=O) groups excluding carboxylic acids is 1. The van der Waals surface area contributed by atoms with Crippen molar-refractivity contribution >= 4 is 63.7 Å². The Morgan fingerprint density at radius 3 is 2.71 bits per heavy atom. The predicted molar refractivity (Wildman–Crippen MR) is 220 cm³/mol. The van der Waals surface area contributed by atoms with Crippen LogP contribution in [0.15, 0.2) is 47.5 Å². The Kier molecular flexibility index (Phi) is 13.2. The van der Waals surface area contributed by atoms with Crippen molar-refractivity contribution in [2.45, 2.75) is 65.0 Å². The van der Waals surface area contributed by atoms with Gasteiger partial charge in [0.2, 0.25) is 0 Å². The van der Waals surface area contributed by atoms with Gasteiger partial charge < -0.3 is 19.1 Å². The molecule has 3 aromatic heterocycles. The zero-order valence-corrected chi connectivity index (χ0v) is 35.2. The number of ether oxygens (including phenoxy) is 3. The molecule has 55 heavy (non-hydrogen) atoms. The minimum absolute atomic E-state index is 0.146.